The zero-order chi connectivity index (χ0) is 19.8. The first-order valence-corrected chi connectivity index (χ1v) is 7.94. The molecule has 0 saturated heterocycles. The van der Waals surface area contributed by atoms with E-state index in [9.17, 15) is 18.0 Å². The van der Waals surface area contributed by atoms with Crippen molar-refractivity contribution in [2.24, 2.45) is 7.05 Å². The lowest BCUT2D eigenvalue weighted by Gasteiger charge is -2.10. The van der Waals surface area contributed by atoms with E-state index in [1.807, 2.05) is 0 Å². The van der Waals surface area contributed by atoms with Gasteiger partial charge >= 0.3 is 12.6 Å². The number of benzene rings is 1. The van der Waals surface area contributed by atoms with Crippen LogP contribution in [0.5, 0.6) is 5.88 Å². The molecular weight excluding hydrogens is 420 g/mol. The normalized spacial score (nSPS) is 12.3. The van der Waals surface area contributed by atoms with Crippen LogP contribution in [0.4, 0.5) is 13.2 Å². The summed E-state index contributed by atoms with van der Waals surface area (Å²) in [6.45, 7) is -1.77. The number of carboxylic acid groups (broad SMARTS) is 1. The van der Waals surface area contributed by atoms with Crippen LogP contribution in [0.15, 0.2) is 17.2 Å². The number of alkyl halides is 2. The Morgan fingerprint density at radius 1 is 1.35 bits per heavy atom. The molecule has 1 heterocycles. The Morgan fingerprint density at radius 3 is 2.50 bits per heavy atom. The molecule has 0 amide bonds. The van der Waals surface area contributed by atoms with Gasteiger partial charge in [-0.05, 0) is 30.2 Å². The molecule has 11 heteroatoms. The molecule has 2 aromatic rings. The van der Waals surface area contributed by atoms with E-state index in [0.717, 1.165) is 10.7 Å². The minimum Gasteiger partial charge on any atom is -0.477 e. The summed E-state index contributed by atoms with van der Waals surface area (Å²) in [4.78, 5) is 11.0. The predicted octanol–water partition coefficient (Wildman–Crippen LogP) is 5.19. The van der Waals surface area contributed by atoms with Gasteiger partial charge in [0.2, 0.25) is 5.88 Å². The van der Waals surface area contributed by atoms with Crippen LogP contribution < -0.4 is 4.74 Å². The molecule has 0 unspecified atom stereocenters. The molecule has 140 valence electrons. The van der Waals surface area contributed by atoms with Crippen LogP contribution in [0.25, 0.3) is 16.8 Å². The van der Waals surface area contributed by atoms with E-state index < -0.39 is 29.3 Å². The van der Waals surface area contributed by atoms with E-state index in [2.05, 4.69) is 9.84 Å². The van der Waals surface area contributed by atoms with Gasteiger partial charge in [-0.3, -0.25) is 0 Å². The third kappa shape index (κ3) is 3.92. The van der Waals surface area contributed by atoms with Crippen molar-refractivity contribution in [3.05, 3.63) is 38.6 Å². The lowest BCUT2D eigenvalue weighted by atomic mass is 10.0. The fourth-order valence-corrected chi connectivity index (χ4v) is 2.86. The zero-order valence-electron chi connectivity index (χ0n) is 13.2. The monoisotopic (exact) mass is 428 g/mol. The van der Waals surface area contributed by atoms with Crippen molar-refractivity contribution in [2.75, 3.05) is 0 Å². The second kappa shape index (κ2) is 7.77. The molecule has 1 aromatic carbocycles. The SMILES string of the molecule is CC(=C(Cl)C(=O)O)c1cc(-c2nn(C)c(OC(F)F)c2Cl)c(F)cc1Cl. The number of allylic oxidation sites excluding steroid dienone is 1. The minimum absolute atomic E-state index is 0.0709. The highest BCUT2D eigenvalue weighted by atomic mass is 35.5. The summed E-state index contributed by atoms with van der Waals surface area (Å²) >= 11 is 17.7. The number of aromatic nitrogens is 2. The highest BCUT2D eigenvalue weighted by molar-refractivity contribution is 6.44. The summed E-state index contributed by atoms with van der Waals surface area (Å²) < 4.78 is 44.5. The standard InChI is InChI=1S/C15H10Cl3F3N2O3/c1-5(10(17)14(24)25)6-3-7(9(19)4-8(6)16)12-11(18)13(23(2)22-12)26-15(20)21/h3-4,15H,1-2H3,(H,24,25). The van der Waals surface area contributed by atoms with Crippen molar-refractivity contribution in [1.29, 1.82) is 0 Å². The molecule has 0 saturated carbocycles. The average molecular weight is 430 g/mol. The summed E-state index contributed by atoms with van der Waals surface area (Å²) in [7, 11) is 1.29. The number of carboxylic acids is 1. The summed E-state index contributed by atoms with van der Waals surface area (Å²) in [6.07, 6.45) is 0. The van der Waals surface area contributed by atoms with Crippen LogP contribution in [-0.2, 0) is 11.8 Å². The van der Waals surface area contributed by atoms with Crippen LogP contribution in [0.2, 0.25) is 10.0 Å². The van der Waals surface area contributed by atoms with Gasteiger partial charge in [0.1, 0.15) is 21.6 Å². The summed E-state index contributed by atoms with van der Waals surface area (Å²) in [5, 5.41) is 11.9. The van der Waals surface area contributed by atoms with Gasteiger partial charge in [-0.1, -0.05) is 34.8 Å². The number of aryl methyl sites for hydroxylation is 1. The molecule has 0 fully saturated rings. The lowest BCUT2D eigenvalue weighted by Crippen LogP contribution is -2.06. The number of hydrogen-bond donors (Lipinski definition) is 1. The zero-order valence-corrected chi connectivity index (χ0v) is 15.4. The molecule has 26 heavy (non-hydrogen) atoms. The molecular formula is C15H10Cl3F3N2O3. The van der Waals surface area contributed by atoms with Crippen LogP contribution in [0.3, 0.4) is 0 Å². The molecule has 0 spiro atoms. The van der Waals surface area contributed by atoms with E-state index in [1.54, 1.807) is 0 Å². The van der Waals surface area contributed by atoms with Crippen molar-refractivity contribution < 1.29 is 27.8 Å². The van der Waals surface area contributed by atoms with E-state index in [4.69, 9.17) is 39.9 Å². The van der Waals surface area contributed by atoms with Crippen LogP contribution in [0.1, 0.15) is 12.5 Å². The number of carbonyl (C=O) groups is 1. The van der Waals surface area contributed by atoms with Gasteiger partial charge in [-0.2, -0.15) is 13.9 Å². The number of nitrogens with zero attached hydrogens (tertiary/aromatic N) is 2. The maximum absolute atomic E-state index is 14.4. The van der Waals surface area contributed by atoms with Crippen LogP contribution in [-0.4, -0.2) is 27.5 Å². The van der Waals surface area contributed by atoms with Crippen molar-refractivity contribution in [3.63, 3.8) is 0 Å². The van der Waals surface area contributed by atoms with E-state index >= 15 is 0 Å². The van der Waals surface area contributed by atoms with E-state index in [-0.39, 0.29) is 32.4 Å². The van der Waals surface area contributed by atoms with Gasteiger partial charge < -0.3 is 9.84 Å². The largest absolute Gasteiger partial charge is 0.477 e. The van der Waals surface area contributed by atoms with Crippen molar-refractivity contribution in [2.45, 2.75) is 13.5 Å². The topological polar surface area (TPSA) is 64.3 Å². The molecule has 0 aliphatic rings. The Bertz CT molecular complexity index is 913. The molecule has 2 rings (SSSR count). The maximum Gasteiger partial charge on any atom is 0.388 e. The minimum atomic E-state index is -3.15. The number of halogens is 6. The first-order chi connectivity index (χ1) is 12.0. The average Bonchev–Trinajstić information content (AvgIpc) is 2.81. The number of hydrogen-bond acceptors (Lipinski definition) is 3. The second-order valence-electron chi connectivity index (χ2n) is 5.03. The Hall–Kier alpha value is -1.90. The van der Waals surface area contributed by atoms with Gasteiger partial charge in [-0.15, -0.1) is 0 Å². The first-order valence-electron chi connectivity index (χ1n) is 6.81. The quantitative estimate of drug-likeness (QED) is 0.665. The summed E-state index contributed by atoms with van der Waals surface area (Å²) in [6, 6.07) is 2.10. The van der Waals surface area contributed by atoms with Gasteiger partial charge in [-0.25, -0.2) is 13.9 Å². The van der Waals surface area contributed by atoms with Crippen molar-refractivity contribution in [1.82, 2.24) is 9.78 Å². The summed E-state index contributed by atoms with van der Waals surface area (Å²) in [5.74, 6) is -2.69. The second-order valence-corrected chi connectivity index (χ2v) is 6.19. The Balaban J connectivity index is 2.68. The number of rotatable bonds is 5. The van der Waals surface area contributed by atoms with Gasteiger partial charge in [0.05, 0.1) is 5.02 Å². The Kier molecular flexibility index (Phi) is 6.10. The lowest BCUT2D eigenvalue weighted by molar-refractivity contribution is -0.131. The smallest absolute Gasteiger partial charge is 0.388 e. The third-order valence-corrected chi connectivity index (χ3v) is 4.47. The van der Waals surface area contributed by atoms with Crippen LogP contribution in [0, 0.1) is 5.82 Å². The molecule has 5 nitrogen and oxygen atoms in total. The third-order valence-electron chi connectivity index (χ3n) is 3.37. The van der Waals surface area contributed by atoms with Gasteiger partial charge in [0.25, 0.3) is 0 Å². The van der Waals surface area contributed by atoms with Crippen molar-refractivity contribution >= 4 is 46.3 Å². The Morgan fingerprint density at radius 2 is 1.96 bits per heavy atom. The van der Waals surface area contributed by atoms with Crippen LogP contribution >= 0.6 is 34.8 Å². The molecule has 0 aliphatic carbocycles. The van der Waals surface area contributed by atoms with Gasteiger partial charge in [0.15, 0.2) is 0 Å². The maximum atomic E-state index is 14.4. The van der Waals surface area contributed by atoms with Gasteiger partial charge in [0, 0.05) is 12.6 Å². The fourth-order valence-electron chi connectivity index (χ4n) is 2.16. The van der Waals surface area contributed by atoms with E-state index in [0.29, 0.717) is 0 Å². The molecule has 0 aliphatic heterocycles. The fraction of sp³-hybridized carbons (Fsp3) is 0.200. The molecule has 0 bridgehead atoms. The highest BCUT2D eigenvalue weighted by Crippen LogP contribution is 2.39. The number of ether oxygens (including phenoxy) is 1. The predicted molar refractivity (Wildman–Crippen MR) is 91.3 cm³/mol. The number of aliphatic carboxylic acids is 1. The first kappa shape index (κ1) is 20.4. The molecule has 1 N–H and O–H groups in total. The molecule has 1 aromatic heterocycles. The molecule has 0 atom stereocenters. The summed E-state index contributed by atoms with van der Waals surface area (Å²) in [5.41, 5.74) is -0.183. The Labute approximate surface area is 160 Å². The van der Waals surface area contributed by atoms with E-state index in [1.165, 1.54) is 20.0 Å². The van der Waals surface area contributed by atoms with Crippen molar-refractivity contribution in [3.8, 4) is 17.1 Å². The molecule has 0 radical (unpaired) electrons. The highest BCUT2D eigenvalue weighted by Gasteiger charge is 2.24.